The van der Waals surface area contributed by atoms with Crippen LogP contribution in [0.5, 0.6) is 0 Å². The Morgan fingerprint density at radius 2 is 2.00 bits per heavy atom. The largest absolute Gasteiger partial charge is 0.468 e. The van der Waals surface area contributed by atoms with Gasteiger partial charge in [0.2, 0.25) is 0 Å². The van der Waals surface area contributed by atoms with Gasteiger partial charge in [0.1, 0.15) is 0 Å². The van der Waals surface area contributed by atoms with Crippen LogP contribution >= 0.6 is 11.6 Å². The van der Waals surface area contributed by atoms with E-state index in [0.29, 0.717) is 0 Å². The molecule has 0 spiro atoms. The summed E-state index contributed by atoms with van der Waals surface area (Å²) in [5.74, 6) is -0.462. The van der Waals surface area contributed by atoms with E-state index in [1.807, 2.05) is 0 Å². The van der Waals surface area contributed by atoms with Crippen molar-refractivity contribution in [1.29, 1.82) is 0 Å². The molecule has 0 saturated heterocycles. The van der Waals surface area contributed by atoms with E-state index in [9.17, 15) is 4.79 Å². The first-order valence-corrected chi connectivity index (χ1v) is 3.31. The van der Waals surface area contributed by atoms with E-state index >= 15 is 0 Å². The summed E-state index contributed by atoms with van der Waals surface area (Å²) in [5.41, 5.74) is 0. The highest BCUT2D eigenvalue weighted by atomic mass is 35.5. The van der Waals surface area contributed by atoms with Gasteiger partial charge < -0.3 is 9.47 Å². The van der Waals surface area contributed by atoms with Gasteiger partial charge in [0.05, 0.1) is 13.2 Å². The van der Waals surface area contributed by atoms with Crippen molar-refractivity contribution in [2.24, 2.45) is 0 Å². The molecule has 0 radical (unpaired) electrons. The molecule has 60 valence electrons. The van der Waals surface area contributed by atoms with Gasteiger partial charge in [-0.15, -0.1) is 11.6 Å². The lowest BCUT2D eigenvalue weighted by Gasteiger charge is -2.13. The third kappa shape index (κ3) is 2.54. The molecule has 0 aliphatic rings. The third-order valence-corrected chi connectivity index (χ3v) is 1.74. The third-order valence-electron chi connectivity index (χ3n) is 1.21. The summed E-state index contributed by atoms with van der Waals surface area (Å²) in [6.45, 7) is 1.70. The fraction of sp³-hybridized carbons (Fsp3) is 0.833. The number of hydrogen-bond acceptors (Lipinski definition) is 3. The maximum Gasteiger partial charge on any atom is 0.326 e. The van der Waals surface area contributed by atoms with Crippen LogP contribution in [0.2, 0.25) is 0 Å². The van der Waals surface area contributed by atoms with Gasteiger partial charge in [-0.25, -0.2) is 0 Å². The first-order chi connectivity index (χ1) is 4.63. The highest BCUT2D eigenvalue weighted by Crippen LogP contribution is 2.06. The van der Waals surface area contributed by atoms with E-state index in [-0.39, 0.29) is 6.10 Å². The highest BCUT2D eigenvalue weighted by Gasteiger charge is 2.22. The molecule has 0 aromatic carbocycles. The van der Waals surface area contributed by atoms with Crippen molar-refractivity contribution in [2.75, 3.05) is 14.2 Å². The Morgan fingerprint density at radius 3 is 2.30 bits per heavy atom. The van der Waals surface area contributed by atoms with Gasteiger partial charge in [0.25, 0.3) is 0 Å². The van der Waals surface area contributed by atoms with Gasteiger partial charge in [0, 0.05) is 7.11 Å². The molecule has 0 aliphatic heterocycles. The lowest BCUT2D eigenvalue weighted by atomic mass is 10.3. The highest BCUT2D eigenvalue weighted by molar-refractivity contribution is 6.30. The smallest absolute Gasteiger partial charge is 0.326 e. The van der Waals surface area contributed by atoms with Crippen LogP contribution in [-0.2, 0) is 14.3 Å². The monoisotopic (exact) mass is 166 g/mol. The Hall–Kier alpha value is -0.280. The minimum absolute atomic E-state index is 0.311. The SMILES string of the molecule is COC(=O)[C@@H](Cl)[C@H](C)OC. The molecule has 0 bridgehead atoms. The minimum atomic E-state index is -0.713. The van der Waals surface area contributed by atoms with Crippen molar-refractivity contribution >= 4 is 17.6 Å². The molecule has 0 heterocycles. The Morgan fingerprint density at radius 1 is 1.50 bits per heavy atom. The van der Waals surface area contributed by atoms with Crippen LogP contribution in [0.4, 0.5) is 0 Å². The van der Waals surface area contributed by atoms with Gasteiger partial charge in [-0.2, -0.15) is 0 Å². The molecule has 2 atom stereocenters. The number of rotatable bonds is 3. The summed E-state index contributed by atoms with van der Waals surface area (Å²) >= 11 is 5.58. The molecule has 10 heavy (non-hydrogen) atoms. The average Bonchev–Trinajstić information content (AvgIpc) is 2.00. The van der Waals surface area contributed by atoms with Gasteiger partial charge in [-0.3, -0.25) is 4.79 Å². The van der Waals surface area contributed by atoms with E-state index in [2.05, 4.69) is 4.74 Å². The van der Waals surface area contributed by atoms with Gasteiger partial charge in [0.15, 0.2) is 5.38 Å². The molecule has 0 rings (SSSR count). The van der Waals surface area contributed by atoms with Crippen LogP contribution in [0.15, 0.2) is 0 Å². The second-order valence-electron chi connectivity index (χ2n) is 1.87. The zero-order valence-electron chi connectivity index (χ0n) is 6.26. The first-order valence-electron chi connectivity index (χ1n) is 2.88. The topological polar surface area (TPSA) is 35.5 Å². The molecule has 0 fully saturated rings. The number of carbonyl (C=O) groups excluding carboxylic acids is 1. The van der Waals surface area contributed by atoms with Gasteiger partial charge >= 0.3 is 5.97 Å². The Balaban J connectivity index is 3.81. The summed E-state index contributed by atoms with van der Waals surface area (Å²) in [5, 5.41) is -0.713. The normalized spacial score (nSPS) is 16.0. The molecular formula is C6H11ClO3. The molecule has 0 aromatic heterocycles. The van der Waals surface area contributed by atoms with Crippen LogP contribution in [0.1, 0.15) is 6.92 Å². The number of esters is 1. The quantitative estimate of drug-likeness (QED) is 0.460. The zero-order chi connectivity index (χ0) is 8.15. The molecule has 0 saturated carbocycles. The molecule has 0 N–H and O–H groups in total. The Kier molecular flexibility index (Phi) is 4.40. The van der Waals surface area contributed by atoms with Crippen molar-refractivity contribution in [2.45, 2.75) is 18.4 Å². The Bertz CT molecular complexity index is 116. The fourth-order valence-corrected chi connectivity index (χ4v) is 0.616. The number of halogens is 1. The molecule has 4 heteroatoms. The summed E-state index contributed by atoms with van der Waals surface area (Å²) in [7, 11) is 2.78. The van der Waals surface area contributed by atoms with Crippen LogP contribution in [0.25, 0.3) is 0 Å². The predicted molar refractivity (Wildman–Crippen MR) is 38.1 cm³/mol. The molecule has 0 aliphatic carbocycles. The maximum atomic E-state index is 10.7. The molecule has 3 nitrogen and oxygen atoms in total. The van der Waals surface area contributed by atoms with E-state index in [1.165, 1.54) is 14.2 Å². The van der Waals surface area contributed by atoms with Crippen LogP contribution in [0.3, 0.4) is 0 Å². The minimum Gasteiger partial charge on any atom is -0.468 e. The van der Waals surface area contributed by atoms with E-state index in [0.717, 1.165) is 0 Å². The second-order valence-corrected chi connectivity index (χ2v) is 2.34. The van der Waals surface area contributed by atoms with Crippen LogP contribution < -0.4 is 0 Å². The molecule has 0 aromatic rings. The number of alkyl halides is 1. The fourth-order valence-electron chi connectivity index (χ4n) is 0.424. The predicted octanol–water partition coefficient (Wildman–Crippen LogP) is 0.802. The van der Waals surface area contributed by atoms with Crippen molar-refractivity contribution in [3.63, 3.8) is 0 Å². The molecule has 0 unspecified atom stereocenters. The maximum absolute atomic E-state index is 10.7. The molecular weight excluding hydrogens is 156 g/mol. The first kappa shape index (κ1) is 9.72. The standard InChI is InChI=1S/C6H11ClO3/c1-4(9-2)5(7)6(8)10-3/h4-5H,1-3H3/t4-,5-/m0/s1. The lowest BCUT2D eigenvalue weighted by molar-refractivity contribution is -0.142. The van der Waals surface area contributed by atoms with Crippen LogP contribution in [0, 0.1) is 0 Å². The summed E-state index contributed by atoms with van der Waals surface area (Å²) in [6.07, 6.45) is -0.311. The second kappa shape index (κ2) is 4.52. The Labute approximate surface area is 65.3 Å². The van der Waals surface area contributed by atoms with Crippen molar-refractivity contribution in [3.8, 4) is 0 Å². The van der Waals surface area contributed by atoms with Crippen molar-refractivity contribution < 1.29 is 14.3 Å². The van der Waals surface area contributed by atoms with E-state index < -0.39 is 11.3 Å². The number of methoxy groups -OCH3 is 2. The van der Waals surface area contributed by atoms with Crippen LogP contribution in [-0.4, -0.2) is 31.7 Å². The van der Waals surface area contributed by atoms with Crippen molar-refractivity contribution in [3.05, 3.63) is 0 Å². The van der Waals surface area contributed by atoms with Crippen molar-refractivity contribution in [1.82, 2.24) is 0 Å². The number of hydrogen-bond donors (Lipinski definition) is 0. The summed E-state index contributed by atoms with van der Waals surface area (Å²) < 4.78 is 9.19. The van der Waals surface area contributed by atoms with Gasteiger partial charge in [-0.05, 0) is 6.92 Å². The number of ether oxygens (including phenoxy) is 2. The van der Waals surface area contributed by atoms with E-state index in [4.69, 9.17) is 16.3 Å². The van der Waals surface area contributed by atoms with E-state index in [1.54, 1.807) is 6.92 Å². The molecule has 0 amide bonds. The van der Waals surface area contributed by atoms with Gasteiger partial charge in [-0.1, -0.05) is 0 Å². The average molecular weight is 167 g/mol. The lowest BCUT2D eigenvalue weighted by Crippen LogP contribution is -2.29. The zero-order valence-corrected chi connectivity index (χ0v) is 7.01. The summed E-state index contributed by atoms with van der Waals surface area (Å²) in [4.78, 5) is 10.7. The summed E-state index contributed by atoms with van der Waals surface area (Å²) in [6, 6.07) is 0. The number of carbonyl (C=O) groups is 1.